The number of carbonyl (C=O) groups excluding carboxylic acids is 1. The molecule has 2 heterocycles. The Morgan fingerprint density at radius 2 is 0.816 bits per heavy atom. The van der Waals surface area contributed by atoms with Gasteiger partial charge < -0.3 is 92.3 Å². The molecule has 0 aliphatic heterocycles. The molecule has 6 aromatic rings. The van der Waals surface area contributed by atoms with E-state index >= 15 is 0 Å². The van der Waals surface area contributed by atoms with Gasteiger partial charge in [-0.1, -0.05) is 30.6 Å². The van der Waals surface area contributed by atoms with Gasteiger partial charge in [0.25, 0.3) is 0 Å². The van der Waals surface area contributed by atoms with Crippen molar-refractivity contribution in [2.24, 2.45) is 0 Å². The number of carboxylic acids is 1. The summed E-state index contributed by atoms with van der Waals surface area (Å²) >= 11 is 11.8. The standard InChI is InChI=1S/C29H37ClFN3O9.C27H33ClFN3O9.CH4.Na.H2O/c1-3-42-28(35)19-41-13-12-39-9-8-37-6-7-38-10-11-40-14-15-43-27-17-22-25(18-26(27)36-2)32-20-33-29(22)34-21-4-5-24(31)23(30)16-21;1-35-24-16-23-20(27(31-18-30-23)32-19-2-3-22(29)21(28)14-19)15-25(24)41-13-12-39-9-8-37-5-4-36-6-7-38-10-11-40-17-26(33)34;;;/h4-5,16-18,20H,3,6-15,19H2,1-2H3,(H,32,33,34);2-3,14-16,18H,4-13,17H2,1H3,(H,33,34)(H,30,31,32);1H4;;1H2/q;;;+1;/p-1. The third-order valence-corrected chi connectivity index (χ3v) is 11.5. The Labute approximate surface area is 535 Å². The van der Waals surface area contributed by atoms with Crippen LogP contribution in [0.4, 0.5) is 31.8 Å². The van der Waals surface area contributed by atoms with Gasteiger partial charge >= 0.3 is 41.5 Å². The smallest absolute Gasteiger partial charge is 0.870 e. The van der Waals surface area contributed by atoms with E-state index in [1.165, 1.54) is 36.9 Å². The summed E-state index contributed by atoms with van der Waals surface area (Å²) in [5.74, 6) is 0.594. The van der Waals surface area contributed by atoms with E-state index in [0.29, 0.717) is 187 Å². The van der Waals surface area contributed by atoms with Gasteiger partial charge in [-0.05, 0) is 55.5 Å². The van der Waals surface area contributed by atoms with Gasteiger partial charge in [0.2, 0.25) is 0 Å². The molecular weight excluding hydrogens is 1200 g/mol. The van der Waals surface area contributed by atoms with Crippen molar-refractivity contribution in [1.29, 1.82) is 0 Å². The monoisotopic (exact) mass is 1280 g/mol. The third kappa shape index (κ3) is 30.4. The maximum absolute atomic E-state index is 13.5. The molecule has 4 aromatic carbocycles. The van der Waals surface area contributed by atoms with E-state index in [0.717, 1.165) is 0 Å². The minimum atomic E-state index is -1.01. The predicted molar refractivity (Wildman–Crippen MR) is 314 cm³/mol. The number of hydrogen-bond acceptors (Lipinski definition) is 24. The minimum absolute atomic E-state index is 0. The number of nitrogens with zero attached hydrogens (tertiary/aromatic N) is 4. The van der Waals surface area contributed by atoms with Crippen LogP contribution >= 0.6 is 23.2 Å². The van der Waals surface area contributed by atoms with Gasteiger partial charge in [-0.3, -0.25) is 0 Å². The van der Waals surface area contributed by atoms with Gasteiger partial charge in [0.05, 0.1) is 161 Å². The Hall–Kier alpha value is -5.70. The summed E-state index contributed by atoms with van der Waals surface area (Å²) in [7, 11) is 3.09. The van der Waals surface area contributed by atoms with Crippen LogP contribution in [-0.4, -0.2) is 209 Å². The molecule has 0 fully saturated rings. The van der Waals surface area contributed by atoms with Gasteiger partial charge in [0.1, 0.15) is 62.4 Å². The van der Waals surface area contributed by atoms with Crippen molar-refractivity contribution in [3.8, 4) is 23.0 Å². The number of fused-ring (bicyclic) bond motifs is 2. The minimum Gasteiger partial charge on any atom is -0.870 e. The molecule has 4 N–H and O–H groups in total. The van der Waals surface area contributed by atoms with E-state index in [1.807, 2.05) is 0 Å². The second-order valence-electron chi connectivity index (χ2n) is 16.9. The summed E-state index contributed by atoms with van der Waals surface area (Å²) in [6, 6.07) is 15.7. The van der Waals surface area contributed by atoms with E-state index in [9.17, 15) is 18.4 Å². The van der Waals surface area contributed by atoms with Crippen molar-refractivity contribution in [2.75, 3.05) is 177 Å². The number of methoxy groups -OCH3 is 2. The van der Waals surface area contributed by atoms with Crippen LogP contribution < -0.4 is 59.1 Å². The fourth-order valence-corrected chi connectivity index (χ4v) is 7.35. The van der Waals surface area contributed by atoms with Gasteiger partial charge in [0.15, 0.2) is 23.0 Å². The molecule has 30 heteroatoms. The molecule has 0 amide bonds. The molecule has 476 valence electrons. The number of aromatic nitrogens is 4. The quantitative estimate of drug-likeness (QED) is 0.0246. The van der Waals surface area contributed by atoms with Crippen LogP contribution in [0, 0.1) is 11.6 Å². The van der Waals surface area contributed by atoms with Gasteiger partial charge in [-0.2, -0.15) is 0 Å². The Balaban J connectivity index is 0.000000574. The van der Waals surface area contributed by atoms with Crippen LogP contribution in [0.5, 0.6) is 23.0 Å². The summed E-state index contributed by atoms with van der Waals surface area (Å²) in [6.45, 7) is 9.03. The Morgan fingerprint density at radius 1 is 0.483 bits per heavy atom. The third-order valence-electron chi connectivity index (χ3n) is 10.9. The van der Waals surface area contributed by atoms with Crippen molar-refractivity contribution in [2.45, 2.75) is 14.4 Å². The van der Waals surface area contributed by atoms with Crippen LogP contribution in [-0.2, 0) is 61.7 Å². The van der Waals surface area contributed by atoms with Crippen molar-refractivity contribution < 1.29 is 130 Å². The van der Waals surface area contributed by atoms with Crippen LogP contribution in [0.3, 0.4) is 0 Å². The van der Waals surface area contributed by atoms with Crippen LogP contribution in [0.25, 0.3) is 21.8 Å². The zero-order valence-electron chi connectivity index (χ0n) is 48.3. The second kappa shape index (κ2) is 46.4. The first-order valence-electron chi connectivity index (χ1n) is 26.5. The van der Waals surface area contributed by atoms with Crippen LogP contribution in [0.1, 0.15) is 14.4 Å². The molecule has 0 saturated carbocycles. The van der Waals surface area contributed by atoms with Crippen molar-refractivity contribution >= 4 is 80.0 Å². The van der Waals surface area contributed by atoms with Crippen molar-refractivity contribution in [3.05, 3.63) is 95.0 Å². The zero-order chi connectivity index (χ0) is 60.0. The number of esters is 1. The normalized spacial score (nSPS) is 10.7. The van der Waals surface area contributed by atoms with Gasteiger partial charge in [-0.25, -0.2) is 38.3 Å². The van der Waals surface area contributed by atoms with Crippen LogP contribution in [0.2, 0.25) is 10.0 Å². The number of carboxylic acid groups (broad SMARTS) is 1. The van der Waals surface area contributed by atoms with Crippen molar-refractivity contribution in [3.63, 3.8) is 0 Å². The average molecular weight is 1280 g/mol. The largest absolute Gasteiger partial charge is 1.00 e. The molecule has 0 bridgehead atoms. The SMILES string of the molecule is C.CCOC(=O)COCCOCCOCCOCCOCCOc1cc2c(Nc3ccc(F)c(Cl)c3)ncnc2cc1OC.COc1cc2ncnc(Nc3ccc(F)c(Cl)c3)c2cc1OCCOCCOCCOCCOCCOCC(=O)O.[Na+].[OH-]. The Bertz CT molecular complexity index is 2900. The Morgan fingerprint density at radius 3 is 1.14 bits per heavy atom. The van der Waals surface area contributed by atoms with E-state index in [4.69, 9.17) is 99.4 Å². The number of aliphatic carboxylic acids is 1. The van der Waals surface area contributed by atoms with E-state index in [1.54, 1.807) is 57.5 Å². The molecule has 87 heavy (non-hydrogen) atoms. The number of nitrogens with one attached hydrogen (secondary N) is 2. The molecule has 0 spiro atoms. The number of carbonyl (C=O) groups is 2. The summed E-state index contributed by atoms with van der Waals surface area (Å²) in [4.78, 5) is 38.6. The second-order valence-corrected chi connectivity index (χ2v) is 17.7. The first-order valence-corrected chi connectivity index (χ1v) is 27.2. The first-order chi connectivity index (χ1) is 41.0. The maximum atomic E-state index is 13.5. The van der Waals surface area contributed by atoms with Gasteiger partial charge in [0, 0.05) is 34.3 Å². The Kier molecular flexibility index (Phi) is 41.3. The predicted octanol–water partition coefficient (Wildman–Crippen LogP) is 5.38. The summed E-state index contributed by atoms with van der Waals surface area (Å²) in [6.07, 6.45) is 2.83. The van der Waals surface area contributed by atoms with Crippen LogP contribution in [0.15, 0.2) is 73.3 Å². The van der Waals surface area contributed by atoms with Crippen molar-refractivity contribution in [1.82, 2.24) is 19.9 Å². The molecule has 0 atom stereocenters. The molecule has 6 rings (SSSR count). The molecule has 0 aliphatic rings. The molecule has 0 saturated heterocycles. The topological polar surface area (TPSA) is 298 Å². The van der Waals surface area contributed by atoms with E-state index < -0.39 is 17.6 Å². The number of benzene rings is 4. The number of hydrogen-bond donors (Lipinski definition) is 3. The molecule has 25 nitrogen and oxygen atoms in total. The number of halogens is 4. The number of ether oxygens (including phenoxy) is 15. The number of rotatable bonds is 43. The zero-order valence-corrected chi connectivity index (χ0v) is 51.8. The molecular formula is C57H75Cl2F2N6NaO19. The fourth-order valence-electron chi connectivity index (χ4n) is 6.99. The molecule has 2 aromatic heterocycles. The summed E-state index contributed by atoms with van der Waals surface area (Å²) < 4.78 is 108. The first kappa shape index (κ1) is 77.4. The molecule has 0 radical (unpaired) electrons. The molecule has 0 unspecified atom stereocenters. The van der Waals surface area contributed by atoms with Gasteiger partial charge in [-0.15, -0.1) is 0 Å². The average Bonchev–Trinajstić information content (AvgIpc) is 2.95. The number of anilines is 4. The summed E-state index contributed by atoms with van der Waals surface area (Å²) in [5.41, 5.74) is 2.42. The summed E-state index contributed by atoms with van der Waals surface area (Å²) in [5, 5.41) is 16.1. The van der Waals surface area contributed by atoms with E-state index in [-0.39, 0.29) is 91.5 Å². The van der Waals surface area contributed by atoms with E-state index in [2.05, 4.69) is 30.6 Å². The maximum Gasteiger partial charge on any atom is 1.00 e. The fraction of sp³-hybridized carbons (Fsp3) is 0.474. The molecule has 0 aliphatic carbocycles.